The van der Waals surface area contributed by atoms with Crippen LogP contribution in [0.5, 0.6) is 0 Å². The number of benzene rings is 1. The molecule has 0 bridgehead atoms. The molecular weight excluding hydrogens is 270 g/mol. The SMILES string of the molecule is O=C1CCC(CNC2CC(=O)N(c3ccccc3)C2=O)N1. The number of nitrogens with one attached hydrogen (secondary N) is 2. The summed E-state index contributed by atoms with van der Waals surface area (Å²) in [6.07, 6.45) is 1.46. The summed E-state index contributed by atoms with van der Waals surface area (Å²) in [4.78, 5) is 36.7. The molecule has 6 heteroatoms. The Bertz CT molecular complexity index is 573. The third-order valence-electron chi connectivity index (χ3n) is 3.86. The largest absolute Gasteiger partial charge is 0.352 e. The molecule has 2 atom stereocenters. The summed E-state index contributed by atoms with van der Waals surface area (Å²) in [7, 11) is 0. The van der Waals surface area contributed by atoms with Gasteiger partial charge in [-0.15, -0.1) is 0 Å². The number of hydrogen-bond donors (Lipinski definition) is 2. The van der Waals surface area contributed by atoms with Gasteiger partial charge in [0.15, 0.2) is 0 Å². The zero-order chi connectivity index (χ0) is 14.8. The fourth-order valence-electron chi connectivity index (χ4n) is 2.75. The van der Waals surface area contributed by atoms with Crippen LogP contribution in [0.15, 0.2) is 30.3 Å². The third-order valence-corrected chi connectivity index (χ3v) is 3.86. The second kappa shape index (κ2) is 5.65. The smallest absolute Gasteiger partial charge is 0.251 e. The molecule has 3 amide bonds. The van der Waals surface area contributed by atoms with Gasteiger partial charge in [-0.05, 0) is 18.6 Å². The molecule has 3 rings (SSSR count). The zero-order valence-electron chi connectivity index (χ0n) is 11.5. The Morgan fingerprint density at radius 3 is 2.62 bits per heavy atom. The number of imide groups is 1. The minimum absolute atomic E-state index is 0.0431. The van der Waals surface area contributed by atoms with E-state index in [1.54, 1.807) is 24.3 Å². The first-order valence-corrected chi connectivity index (χ1v) is 7.10. The van der Waals surface area contributed by atoms with Crippen molar-refractivity contribution in [3.8, 4) is 0 Å². The first-order chi connectivity index (χ1) is 10.1. The van der Waals surface area contributed by atoms with Crippen molar-refractivity contribution < 1.29 is 14.4 Å². The Hall–Kier alpha value is -2.21. The number of para-hydroxylation sites is 1. The third kappa shape index (κ3) is 2.80. The highest BCUT2D eigenvalue weighted by Crippen LogP contribution is 2.22. The number of carbonyl (C=O) groups is 3. The van der Waals surface area contributed by atoms with E-state index in [9.17, 15) is 14.4 Å². The molecule has 1 aromatic rings. The van der Waals surface area contributed by atoms with E-state index in [4.69, 9.17) is 0 Å². The Morgan fingerprint density at radius 1 is 1.19 bits per heavy atom. The van der Waals surface area contributed by atoms with E-state index < -0.39 is 6.04 Å². The number of anilines is 1. The summed E-state index contributed by atoms with van der Waals surface area (Å²) >= 11 is 0. The van der Waals surface area contributed by atoms with Crippen molar-refractivity contribution >= 4 is 23.4 Å². The van der Waals surface area contributed by atoms with Crippen molar-refractivity contribution in [2.75, 3.05) is 11.4 Å². The second-order valence-corrected chi connectivity index (χ2v) is 5.37. The van der Waals surface area contributed by atoms with Crippen molar-refractivity contribution in [3.05, 3.63) is 30.3 Å². The van der Waals surface area contributed by atoms with Gasteiger partial charge < -0.3 is 10.6 Å². The van der Waals surface area contributed by atoms with Crippen LogP contribution in [0.25, 0.3) is 0 Å². The highest BCUT2D eigenvalue weighted by molar-refractivity contribution is 6.22. The average Bonchev–Trinajstić information content (AvgIpc) is 3.01. The first-order valence-electron chi connectivity index (χ1n) is 7.10. The molecule has 0 spiro atoms. The lowest BCUT2D eigenvalue weighted by Gasteiger charge is -2.17. The summed E-state index contributed by atoms with van der Waals surface area (Å²) in [5.41, 5.74) is 0.603. The molecule has 0 radical (unpaired) electrons. The number of hydrogen-bond acceptors (Lipinski definition) is 4. The topological polar surface area (TPSA) is 78.5 Å². The van der Waals surface area contributed by atoms with Gasteiger partial charge in [-0.2, -0.15) is 0 Å². The molecule has 2 fully saturated rings. The molecule has 110 valence electrons. The van der Waals surface area contributed by atoms with E-state index >= 15 is 0 Å². The van der Waals surface area contributed by atoms with Gasteiger partial charge in [0.05, 0.1) is 18.2 Å². The van der Waals surface area contributed by atoms with Crippen LogP contribution in [-0.4, -0.2) is 36.3 Å². The molecule has 2 heterocycles. The van der Waals surface area contributed by atoms with Gasteiger partial charge in [-0.1, -0.05) is 18.2 Å². The van der Waals surface area contributed by atoms with Gasteiger partial charge in [0.25, 0.3) is 5.91 Å². The Morgan fingerprint density at radius 2 is 1.95 bits per heavy atom. The average molecular weight is 287 g/mol. The van der Waals surface area contributed by atoms with E-state index in [1.165, 1.54) is 4.90 Å². The van der Waals surface area contributed by atoms with Gasteiger partial charge in [0, 0.05) is 19.0 Å². The van der Waals surface area contributed by atoms with Crippen LogP contribution in [-0.2, 0) is 14.4 Å². The zero-order valence-corrected chi connectivity index (χ0v) is 11.5. The van der Waals surface area contributed by atoms with Crippen LogP contribution in [0, 0.1) is 0 Å². The van der Waals surface area contributed by atoms with E-state index in [0.717, 1.165) is 6.42 Å². The van der Waals surface area contributed by atoms with Gasteiger partial charge >= 0.3 is 0 Å². The lowest BCUT2D eigenvalue weighted by atomic mass is 10.2. The predicted octanol–water partition coefficient (Wildman–Crippen LogP) is 0.187. The maximum Gasteiger partial charge on any atom is 0.251 e. The lowest BCUT2D eigenvalue weighted by molar-refractivity contribution is -0.122. The van der Waals surface area contributed by atoms with E-state index in [1.807, 2.05) is 6.07 Å². The molecule has 0 aromatic heterocycles. The molecule has 2 unspecified atom stereocenters. The van der Waals surface area contributed by atoms with Crippen molar-refractivity contribution in [1.82, 2.24) is 10.6 Å². The molecule has 21 heavy (non-hydrogen) atoms. The highest BCUT2D eigenvalue weighted by Gasteiger charge is 2.39. The molecular formula is C15H17N3O3. The van der Waals surface area contributed by atoms with E-state index in [2.05, 4.69) is 10.6 Å². The molecule has 2 N–H and O–H groups in total. The lowest BCUT2D eigenvalue weighted by Crippen LogP contribution is -2.44. The first kappa shape index (κ1) is 13.8. The van der Waals surface area contributed by atoms with Crippen LogP contribution in [0.1, 0.15) is 19.3 Å². The van der Waals surface area contributed by atoms with E-state index in [0.29, 0.717) is 18.7 Å². The summed E-state index contributed by atoms with van der Waals surface area (Å²) in [5, 5.41) is 5.93. The highest BCUT2D eigenvalue weighted by atomic mass is 16.2. The van der Waals surface area contributed by atoms with Crippen molar-refractivity contribution in [2.45, 2.75) is 31.3 Å². The summed E-state index contributed by atoms with van der Waals surface area (Å²) in [5.74, 6) is -0.379. The van der Waals surface area contributed by atoms with Gasteiger partial charge in [0.2, 0.25) is 11.8 Å². The maximum absolute atomic E-state index is 12.3. The normalized spacial score (nSPS) is 25.5. The number of amides is 3. The van der Waals surface area contributed by atoms with Gasteiger partial charge in [-0.25, -0.2) is 4.90 Å². The minimum atomic E-state index is -0.504. The minimum Gasteiger partial charge on any atom is -0.352 e. The number of rotatable bonds is 4. The fraction of sp³-hybridized carbons (Fsp3) is 0.400. The Kier molecular flexibility index (Phi) is 3.70. The monoisotopic (exact) mass is 287 g/mol. The molecule has 2 aliphatic rings. The molecule has 0 aliphatic carbocycles. The van der Waals surface area contributed by atoms with Gasteiger partial charge in [0.1, 0.15) is 0 Å². The molecule has 6 nitrogen and oxygen atoms in total. The molecule has 0 saturated carbocycles. The summed E-state index contributed by atoms with van der Waals surface area (Å²) < 4.78 is 0. The second-order valence-electron chi connectivity index (χ2n) is 5.37. The van der Waals surface area contributed by atoms with Crippen LogP contribution in [0.3, 0.4) is 0 Å². The molecule has 2 aliphatic heterocycles. The van der Waals surface area contributed by atoms with E-state index in [-0.39, 0.29) is 30.2 Å². The van der Waals surface area contributed by atoms with Crippen molar-refractivity contribution in [2.24, 2.45) is 0 Å². The maximum atomic E-state index is 12.3. The summed E-state index contributed by atoms with van der Waals surface area (Å²) in [6.45, 7) is 0.512. The van der Waals surface area contributed by atoms with Crippen LogP contribution in [0.2, 0.25) is 0 Å². The van der Waals surface area contributed by atoms with Crippen LogP contribution in [0.4, 0.5) is 5.69 Å². The standard InChI is InChI=1S/C15H17N3O3/c19-13-7-6-10(17-13)9-16-12-8-14(20)18(15(12)21)11-4-2-1-3-5-11/h1-5,10,12,16H,6-9H2,(H,17,19). The Balaban J connectivity index is 1.62. The number of carbonyl (C=O) groups excluding carboxylic acids is 3. The Labute approximate surface area is 122 Å². The van der Waals surface area contributed by atoms with Crippen LogP contribution < -0.4 is 15.5 Å². The van der Waals surface area contributed by atoms with Gasteiger partial charge in [-0.3, -0.25) is 14.4 Å². The molecule has 1 aromatic carbocycles. The van der Waals surface area contributed by atoms with Crippen molar-refractivity contribution in [3.63, 3.8) is 0 Å². The summed E-state index contributed by atoms with van der Waals surface area (Å²) in [6, 6.07) is 8.47. The quantitative estimate of drug-likeness (QED) is 0.775. The fourth-order valence-corrected chi connectivity index (χ4v) is 2.75. The van der Waals surface area contributed by atoms with Crippen molar-refractivity contribution in [1.29, 1.82) is 0 Å². The number of nitrogens with zero attached hydrogens (tertiary/aromatic N) is 1. The van der Waals surface area contributed by atoms with Crippen LogP contribution >= 0.6 is 0 Å². The molecule has 2 saturated heterocycles. The predicted molar refractivity (Wildman–Crippen MR) is 76.5 cm³/mol.